The van der Waals surface area contributed by atoms with E-state index >= 15 is 0 Å². The van der Waals surface area contributed by atoms with Crippen molar-refractivity contribution in [1.82, 2.24) is 0 Å². The first-order chi connectivity index (χ1) is 7.09. The van der Waals surface area contributed by atoms with Crippen LogP contribution in [0.25, 0.3) is 0 Å². The third-order valence-electron chi connectivity index (χ3n) is 1.68. The van der Waals surface area contributed by atoms with Gasteiger partial charge in [0.15, 0.2) is 0 Å². The molecule has 0 aliphatic rings. The van der Waals surface area contributed by atoms with E-state index < -0.39 is 5.91 Å². The van der Waals surface area contributed by atoms with Crippen LogP contribution in [0.3, 0.4) is 0 Å². The van der Waals surface area contributed by atoms with Crippen molar-refractivity contribution >= 4 is 17.4 Å². The lowest BCUT2D eigenvalue weighted by atomic mass is 10.3. The van der Waals surface area contributed by atoms with Crippen molar-refractivity contribution in [2.45, 2.75) is 13.3 Å². The lowest BCUT2D eigenvalue weighted by Crippen LogP contribution is -2.18. The topological polar surface area (TPSA) is 63.2 Å². The minimum absolute atomic E-state index is 0.186. The SMILES string of the molecule is CC(=O)CC(=O)Nc1cccccc1=O. The van der Waals surface area contributed by atoms with Gasteiger partial charge >= 0.3 is 0 Å². The number of rotatable bonds is 3. The normalized spacial score (nSPS) is 9.40. The fourth-order valence-corrected chi connectivity index (χ4v) is 1.05. The Kier molecular flexibility index (Phi) is 3.74. The number of amides is 1. The second-order valence-electron chi connectivity index (χ2n) is 3.12. The summed E-state index contributed by atoms with van der Waals surface area (Å²) in [5.41, 5.74) is -0.0943. The summed E-state index contributed by atoms with van der Waals surface area (Å²) in [4.78, 5) is 33.2. The molecular weight excluding hydrogens is 194 g/mol. The molecule has 0 saturated carbocycles. The summed E-state index contributed by atoms with van der Waals surface area (Å²) in [7, 11) is 0. The first-order valence-electron chi connectivity index (χ1n) is 4.48. The van der Waals surface area contributed by atoms with Crippen LogP contribution >= 0.6 is 0 Å². The summed E-state index contributed by atoms with van der Waals surface area (Å²) in [6, 6.07) is 7.76. The maximum atomic E-state index is 11.3. The molecule has 0 saturated heterocycles. The van der Waals surface area contributed by atoms with Crippen LogP contribution < -0.4 is 10.7 Å². The minimum atomic E-state index is -0.467. The van der Waals surface area contributed by atoms with E-state index in [0.29, 0.717) is 0 Å². The smallest absolute Gasteiger partial charge is 0.231 e. The lowest BCUT2D eigenvalue weighted by molar-refractivity contribution is -0.124. The Bertz CT molecular complexity index is 440. The van der Waals surface area contributed by atoms with Gasteiger partial charge in [-0.1, -0.05) is 18.2 Å². The van der Waals surface area contributed by atoms with Gasteiger partial charge in [0.1, 0.15) is 5.78 Å². The van der Waals surface area contributed by atoms with Crippen molar-refractivity contribution in [3.63, 3.8) is 0 Å². The van der Waals surface area contributed by atoms with Gasteiger partial charge in [-0.2, -0.15) is 0 Å². The first kappa shape index (κ1) is 11.1. The number of carbonyl (C=O) groups excluding carboxylic acids is 2. The van der Waals surface area contributed by atoms with Crippen LogP contribution in [0.4, 0.5) is 5.69 Å². The van der Waals surface area contributed by atoms with E-state index in [-0.39, 0.29) is 23.3 Å². The fraction of sp³-hybridized carbons (Fsp3) is 0.182. The van der Waals surface area contributed by atoms with Crippen LogP contribution in [0.15, 0.2) is 35.1 Å². The zero-order valence-electron chi connectivity index (χ0n) is 8.32. The minimum Gasteiger partial charge on any atom is -0.322 e. The monoisotopic (exact) mass is 205 g/mol. The summed E-state index contributed by atoms with van der Waals surface area (Å²) < 4.78 is 0. The summed E-state index contributed by atoms with van der Waals surface area (Å²) in [6.45, 7) is 1.32. The number of ketones is 1. The standard InChI is InChI=1S/C11H11NO3/c1-8(13)7-11(15)12-9-5-3-2-4-6-10(9)14/h2-6H,7H2,1H3,(H,12,14,15). The maximum Gasteiger partial charge on any atom is 0.231 e. The van der Waals surface area contributed by atoms with Gasteiger partial charge in [-0.05, 0) is 19.1 Å². The molecule has 0 atom stereocenters. The predicted molar refractivity (Wildman–Crippen MR) is 56.6 cm³/mol. The highest BCUT2D eigenvalue weighted by molar-refractivity contribution is 6.03. The van der Waals surface area contributed by atoms with E-state index in [4.69, 9.17) is 0 Å². The van der Waals surface area contributed by atoms with Gasteiger partial charge in [0.25, 0.3) is 0 Å². The molecule has 0 unspecified atom stereocenters. The maximum absolute atomic E-state index is 11.3. The Morgan fingerprint density at radius 2 is 1.87 bits per heavy atom. The Hall–Kier alpha value is -1.97. The van der Waals surface area contributed by atoms with Gasteiger partial charge in [-0.15, -0.1) is 0 Å². The zero-order chi connectivity index (χ0) is 11.3. The molecule has 0 spiro atoms. The van der Waals surface area contributed by atoms with E-state index in [9.17, 15) is 14.4 Å². The second-order valence-corrected chi connectivity index (χ2v) is 3.12. The molecule has 78 valence electrons. The summed E-state index contributed by atoms with van der Waals surface area (Å²) in [5, 5.41) is 2.39. The molecule has 0 aliphatic carbocycles. The highest BCUT2D eigenvalue weighted by Gasteiger charge is 2.06. The van der Waals surface area contributed by atoms with Gasteiger partial charge in [-0.25, -0.2) is 0 Å². The van der Waals surface area contributed by atoms with Gasteiger partial charge in [0, 0.05) is 0 Å². The lowest BCUT2D eigenvalue weighted by Gasteiger charge is -1.99. The van der Waals surface area contributed by atoms with E-state index in [1.807, 2.05) is 0 Å². The number of carbonyl (C=O) groups is 2. The molecule has 0 fully saturated rings. The molecule has 0 heterocycles. The zero-order valence-corrected chi connectivity index (χ0v) is 8.32. The molecule has 0 aromatic heterocycles. The average Bonchev–Trinajstić information content (AvgIpc) is 2.30. The number of anilines is 1. The van der Waals surface area contributed by atoms with Gasteiger partial charge in [-0.3, -0.25) is 14.4 Å². The van der Waals surface area contributed by atoms with E-state index in [0.717, 1.165) is 0 Å². The number of nitrogens with one attached hydrogen (secondary N) is 1. The van der Waals surface area contributed by atoms with Gasteiger partial charge < -0.3 is 5.32 Å². The highest BCUT2D eigenvalue weighted by Crippen LogP contribution is 1.98. The number of hydrogen-bond donors (Lipinski definition) is 1. The highest BCUT2D eigenvalue weighted by atomic mass is 16.2. The molecular formula is C11H11NO3. The van der Waals surface area contributed by atoms with Crippen molar-refractivity contribution in [3.8, 4) is 0 Å². The number of hydrogen-bond acceptors (Lipinski definition) is 3. The molecule has 0 aliphatic heterocycles. The van der Waals surface area contributed by atoms with Crippen molar-refractivity contribution in [2.24, 2.45) is 0 Å². The molecule has 1 N–H and O–H groups in total. The van der Waals surface area contributed by atoms with Crippen LogP contribution in [0.5, 0.6) is 0 Å². The quantitative estimate of drug-likeness (QED) is 0.747. The molecule has 4 heteroatoms. The molecule has 15 heavy (non-hydrogen) atoms. The van der Waals surface area contributed by atoms with Crippen LogP contribution in [0, 0.1) is 0 Å². The summed E-state index contributed by atoms with van der Waals surface area (Å²) in [5.74, 6) is -0.703. The van der Waals surface area contributed by atoms with Crippen molar-refractivity contribution < 1.29 is 9.59 Å². The van der Waals surface area contributed by atoms with Gasteiger partial charge in [0.05, 0.1) is 12.1 Å². The Labute approximate surface area is 86.9 Å². The largest absolute Gasteiger partial charge is 0.322 e. The molecule has 4 nitrogen and oxygen atoms in total. The van der Waals surface area contributed by atoms with Gasteiger partial charge in [0.2, 0.25) is 11.3 Å². The summed E-state index contributed by atoms with van der Waals surface area (Å²) >= 11 is 0. The average molecular weight is 205 g/mol. The predicted octanol–water partition coefficient (Wildman–Crippen LogP) is 0.964. The first-order valence-corrected chi connectivity index (χ1v) is 4.48. The van der Waals surface area contributed by atoms with Crippen molar-refractivity contribution in [1.29, 1.82) is 0 Å². The third-order valence-corrected chi connectivity index (χ3v) is 1.68. The van der Waals surface area contributed by atoms with E-state index in [2.05, 4.69) is 5.32 Å². The molecule has 1 amide bonds. The summed E-state index contributed by atoms with van der Waals surface area (Å²) in [6.07, 6.45) is -0.210. The molecule has 1 aromatic carbocycles. The van der Waals surface area contributed by atoms with Crippen molar-refractivity contribution in [2.75, 3.05) is 5.32 Å². The van der Waals surface area contributed by atoms with Crippen LogP contribution in [0.2, 0.25) is 0 Å². The molecule has 0 radical (unpaired) electrons. The Balaban J connectivity index is 2.82. The fourth-order valence-electron chi connectivity index (χ4n) is 1.05. The Morgan fingerprint density at radius 3 is 2.53 bits per heavy atom. The van der Waals surface area contributed by atoms with Crippen LogP contribution in [-0.2, 0) is 9.59 Å². The van der Waals surface area contributed by atoms with Crippen LogP contribution in [-0.4, -0.2) is 11.7 Å². The van der Waals surface area contributed by atoms with E-state index in [1.54, 1.807) is 18.2 Å². The van der Waals surface area contributed by atoms with Crippen molar-refractivity contribution in [3.05, 3.63) is 40.6 Å². The molecule has 1 aromatic rings. The Morgan fingerprint density at radius 1 is 1.20 bits per heavy atom. The van der Waals surface area contributed by atoms with E-state index in [1.165, 1.54) is 19.1 Å². The third kappa shape index (κ3) is 3.72. The second kappa shape index (κ2) is 5.05. The number of Topliss-reactive ketones (excluding diaryl/α,β-unsaturated/α-hetero) is 1. The molecule has 1 rings (SSSR count). The van der Waals surface area contributed by atoms with Crippen LogP contribution in [0.1, 0.15) is 13.3 Å². The molecule has 0 bridgehead atoms.